The number of nitrogens with one attached hydrogen (secondary N) is 2. The van der Waals surface area contributed by atoms with Crippen LogP contribution in [0.4, 0.5) is 4.39 Å². The van der Waals surface area contributed by atoms with Gasteiger partial charge in [0, 0.05) is 16.6 Å². The predicted octanol–water partition coefficient (Wildman–Crippen LogP) is 5.14. The summed E-state index contributed by atoms with van der Waals surface area (Å²) in [5.74, 6) is 1.01. The first kappa shape index (κ1) is 20.8. The normalized spacial score (nSPS) is 15.8. The topological polar surface area (TPSA) is 46.3 Å². The molecule has 28 heavy (non-hydrogen) atoms. The molecule has 1 aliphatic heterocycles. The van der Waals surface area contributed by atoms with Gasteiger partial charge in [-0.1, -0.05) is 23.7 Å². The standard InChI is InChI=1S/C21H22ClFN2O2.ClH/c1-11-4-6-14-17(19(11)23)13-8-9-24-15(20(13)25-14)10-12-5-7-16(26-2)21(27-3)18(12)22;/h4-7,15,24-25H,8-10H2,1-3H3;1H. The highest BCUT2D eigenvalue weighted by atomic mass is 35.5. The first-order valence-electron chi connectivity index (χ1n) is 8.97. The first-order chi connectivity index (χ1) is 13.0. The fourth-order valence-electron chi connectivity index (χ4n) is 3.95. The Balaban J connectivity index is 0.00000225. The second-order valence-corrected chi connectivity index (χ2v) is 7.25. The zero-order chi connectivity index (χ0) is 19.1. The van der Waals surface area contributed by atoms with E-state index in [4.69, 9.17) is 21.1 Å². The Hall–Kier alpha value is -1.95. The van der Waals surface area contributed by atoms with E-state index < -0.39 is 0 Å². The Labute approximate surface area is 174 Å². The summed E-state index contributed by atoms with van der Waals surface area (Å²) in [5, 5.41) is 4.79. The van der Waals surface area contributed by atoms with Crippen molar-refractivity contribution in [1.29, 1.82) is 0 Å². The second-order valence-electron chi connectivity index (χ2n) is 6.87. The highest BCUT2D eigenvalue weighted by Gasteiger charge is 2.27. The van der Waals surface area contributed by atoms with E-state index in [1.165, 1.54) is 0 Å². The van der Waals surface area contributed by atoms with Gasteiger partial charge in [-0.05, 0) is 55.1 Å². The van der Waals surface area contributed by atoms with Crippen LogP contribution in [-0.2, 0) is 12.8 Å². The molecular formula is C21H23Cl2FN2O2. The van der Waals surface area contributed by atoms with Crippen LogP contribution in [0.25, 0.3) is 10.9 Å². The second kappa shape index (κ2) is 8.19. The van der Waals surface area contributed by atoms with Crippen LogP contribution in [0.15, 0.2) is 24.3 Å². The molecule has 0 fully saturated rings. The van der Waals surface area contributed by atoms with Gasteiger partial charge in [0.2, 0.25) is 0 Å². The molecule has 3 aromatic rings. The number of H-pyrrole nitrogens is 1. The lowest BCUT2D eigenvalue weighted by Gasteiger charge is -2.25. The summed E-state index contributed by atoms with van der Waals surface area (Å²) in [6.07, 6.45) is 1.46. The van der Waals surface area contributed by atoms with E-state index in [1.54, 1.807) is 21.1 Å². The van der Waals surface area contributed by atoms with Gasteiger partial charge >= 0.3 is 0 Å². The minimum atomic E-state index is -0.130. The molecular weight excluding hydrogens is 402 g/mol. The molecule has 0 spiro atoms. The van der Waals surface area contributed by atoms with Crippen molar-refractivity contribution in [3.63, 3.8) is 0 Å². The van der Waals surface area contributed by atoms with E-state index in [0.29, 0.717) is 28.5 Å². The Morgan fingerprint density at radius 1 is 1.18 bits per heavy atom. The molecule has 1 aromatic heterocycles. The summed E-state index contributed by atoms with van der Waals surface area (Å²) in [6.45, 7) is 2.60. The first-order valence-corrected chi connectivity index (χ1v) is 9.35. The van der Waals surface area contributed by atoms with Gasteiger partial charge < -0.3 is 19.8 Å². The van der Waals surface area contributed by atoms with E-state index in [2.05, 4.69) is 10.3 Å². The van der Waals surface area contributed by atoms with Gasteiger partial charge in [-0.3, -0.25) is 0 Å². The summed E-state index contributed by atoms with van der Waals surface area (Å²) in [6, 6.07) is 7.60. The Bertz CT molecular complexity index is 1020. The van der Waals surface area contributed by atoms with Crippen molar-refractivity contribution < 1.29 is 13.9 Å². The molecule has 4 rings (SSSR count). The lowest BCUT2D eigenvalue weighted by molar-refractivity contribution is 0.354. The van der Waals surface area contributed by atoms with Crippen molar-refractivity contribution in [3.8, 4) is 11.5 Å². The molecule has 0 saturated heterocycles. The number of benzene rings is 2. The number of rotatable bonds is 4. The number of halogens is 3. The minimum absolute atomic E-state index is 0. The number of hydrogen-bond donors (Lipinski definition) is 2. The third-order valence-corrected chi connectivity index (χ3v) is 5.75. The van der Waals surface area contributed by atoms with Gasteiger partial charge in [-0.15, -0.1) is 12.4 Å². The molecule has 0 saturated carbocycles. The van der Waals surface area contributed by atoms with E-state index in [9.17, 15) is 4.39 Å². The summed E-state index contributed by atoms with van der Waals surface area (Å²) < 4.78 is 25.4. The molecule has 1 aliphatic rings. The van der Waals surface area contributed by atoms with Crippen molar-refractivity contribution >= 4 is 34.9 Å². The maximum absolute atomic E-state index is 14.7. The molecule has 0 radical (unpaired) electrons. The van der Waals surface area contributed by atoms with Gasteiger partial charge in [0.15, 0.2) is 11.5 Å². The Morgan fingerprint density at radius 3 is 2.68 bits per heavy atom. The summed E-state index contributed by atoms with van der Waals surface area (Å²) in [7, 11) is 3.16. The molecule has 2 aromatic carbocycles. The number of hydrogen-bond acceptors (Lipinski definition) is 3. The molecule has 1 unspecified atom stereocenters. The molecule has 4 nitrogen and oxygen atoms in total. The molecule has 7 heteroatoms. The van der Waals surface area contributed by atoms with Crippen molar-refractivity contribution in [3.05, 3.63) is 57.5 Å². The Morgan fingerprint density at radius 2 is 1.96 bits per heavy atom. The zero-order valence-corrected chi connectivity index (χ0v) is 17.6. The van der Waals surface area contributed by atoms with Crippen LogP contribution >= 0.6 is 24.0 Å². The highest BCUT2D eigenvalue weighted by Crippen LogP contribution is 2.40. The van der Waals surface area contributed by atoms with E-state index in [-0.39, 0.29) is 24.3 Å². The Kier molecular flexibility index (Phi) is 6.08. The fraction of sp³-hybridized carbons (Fsp3) is 0.333. The van der Waals surface area contributed by atoms with Crippen LogP contribution in [0.2, 0.25) is 5.02 Å². The van der Waals surface area contributed by atoms with Crippen LogP contribution < -0.4 is 14.8 Å². The van der Waals surface area contributed by atoms with Crippen molar-refractivity contribution in [2.45, 2.75) is 25.8 Å². The third-order valence-electron chi connectivity index (χ3n) is 5.33. The summed E-state index contributed by atoms with van der Waals surface area (Å²) >= 11 is 6.56. The van der Waals surface area contributed by atoms with Crippen molar-refractivity contribution in [2.24, 2.45) is 0 Å². The van der Waals surface area contributed by atoms with Crippen LogP contribution in [0, 0.1) is 12.7 Å². The predicted molar refractivity (Wildman–Crippen MR) is 113 cm³/mol. The molecule has 2 heterocycles. The quantitative estimate of drug-likeness (QED) is 0.609. The lowest BCUT2D eigenvalue weighted by Crippen LogP contribution is -2.31. The monoisotopic (exact) mass is 424 g/mol. The number of aryl methyl sites for hydroxylation is 1. The largest absolute Gasteiger partial charge is 0.493 e. The number of ether oxygens (including phenoxy) is 2. The van der Waals surface area contributed by atoms with Gasteiger partial charge in [0.1, 0.15) is 5.82 Å². The van der Waals surface area contributed by atoms with E-state index in [1.807, 2.05) is 24.3 Å². The van der Waals surface area contributed by atoms with Gasteiger partial charge in [-0.2, -0.15) is 0 Å². The van der Waals surface area contributed by atoms with Crippen molar-refractivity contribution in [1.82, 2.24) is 10.3 Å². The molecule has 1 atom stereocenters. The maximum atomic E-state index is 14.7. The summed E-state index contributed by atoms with van der Waals surface area (Å²) in [4.78, 5) is 3.42. The molecule has 2 N–H and O–H groups in total. The molecule has 0 aliphatic carbocycles. The number of aromatic nitrogens is 1. The van der Waals surface area contributed by atoms with Crippen LogP contribution in [0.5, 0.6) is 11.5 Å². The lowest BCUT2D eigenvalue weighted by atomic mass is 9.94. The minimum Gasteiger partial charge on any atom is -0.493 e. The summed E-state index contributed by atoms with van der Waals surface area (Å²) in [5.41, 5.74) is 4.56. The van der Waals surface area contributed by atoms with E-state index in [0.717, 1.165) is 40.7 Å². The molecule has 0 bridgehead atoms. The number of methoxy groups -OCH3 is 2. The van der Waals surface area contributed by atoms with E-state index >= 15 is 0 Å². The zero-order valence-electron chi connectivity index (χ0n) is 16.0. The van der Waals surface area contributed by atoms with Gasteiger partial charge in [-0.25, -0.2) is 4.39 Å². The third kappa shape index (κ3) is 3.32. The van der Waals surface area contributed by atoms with Crippen LogP contribution in [0.3, 0.4) is 0 Å². The van der Waals surface area contributed by atoms with Crippen LogP contribution in [0.1, 0.15) is 28.4 Å². The van der Waals surface area contributed by atoms with Crippen molar-refractivity contribution in [2.75, 3.05) is 20.8 Å². The smallest absolute Gasteiger partial charge is 0.179 e. The van der Waals surface area contributed by atoms with Gasteiger partial charge in [0.05, 0.1) is 25.3 Å². The highest BCUT2D eigenvalue weighted by molar-refractivity contribution is 6.33. The SMILES string of the molecule is COc1ccc(CC2NCCc3c2[nH]c2ccc(C)c(F)c32)c(Cl)c1OC.Cl. The molecule has 150 valence electrons. The average Bonchev–Trinajstić information content (AvgIpc) is 3.06. The fourth-order valence-corrected chi connectivity index (χ4v) is 4.26. The maximum Gasteiger partial charge on any atom is 0.179 e. The number of aromatic amines is 1. The van der Waals surface area contributed by atoms with Crippen LogP contribution in [-0.4, -0.2) is 25.7 Å². The average molecular weight is 425 g/mol. The van der Waals surface area contributed by atoms with Gasteiger partial charge in [0.25, 0.3) is 0 Å². The number of fused-ring (bicyclic) bond motifs is 3. The molecule has 0 amide bonds.